The fourth-order valence-electron chi connectivity index (χ4n) is 1.72. The number of anilines is 1. The highest BCUT2D eigenvalue weighted by molar-refractivity contribution is 6.43. The number of nitrogens with one attached hydrogen (secondary N) is 1. The lowest BCUT2D eigenvalue weighted by molar-refractivity contribution is -0.136. The molecule has 0 aliphatic rings. The number of esters is 1. The molecule has 0 aromatic heterocycles. The van der Waals surface area contributed by atoms with E-state index in [2.05, 4.69) is 5.32 Å². The Hall–Kier alpha value is -1.95. The molecule has 2 rings (SSSR count). The van der Waals surface area contributed by atoms with Crippen molar-refractivity contribution in [2.75, 3.05) is 11.9 Å². The maximum Gasteiger partial charge on any atom is 0.349 e. The molecule has 24 heavy (non-hydrogen) atoms. The van der Waals surface area contributed by atoms with Crippen molar-refractivity contribution in [3.05, 3.63) is 51.5 Å². The highest BCUT2D eigenvalue weighted by atomic mass is 35.5. The predicted molar refractivity (Wildman–Crippen MR) is 93.3 cm³/mol. The Morgan fingerprint density at radius 2 is 1.62 bits per heavy atom. The van der Waals surface area contributed by atoms with Crippen LogP contribution in [0.1, 0.15) is 6.92 Å². The van der Waals surface area contributed by atoms with Gasteiger partial charge in [0.05, 0.1) is 15.1 Å². The smallest absolute Gasteiger partial charge is 0.349 e. The van der Waals surface area contributed by atoms with Gasteiger partial charge in [0.1, 0.15) is 11.5 Å². The number of hydrogen-bond donors (Lipinski definition) is 1. The molecule has 0 aliphatic heterocycles. The highest BCUT2D eigenvalue weighted by Crippen LogP contribution is 2.33. The van der Waals surface area contributed by atoms with E-state index in [0.29, 0.717) is 11.4 Å². The van der Waals surface area contributed by atoms with Crippen molar-refractivity contribution in [3.8, 4) is 11.5 Å². The van der Waals surface area contributed by atoms with Crippen LogP contribution in [0.2, 0.25) is 15.1 Å². The molecule has 2 aromatic carbocycles. The Kier molecular flexibility index (Phi) is 6.31. The van der Waals surface area contributed by atoms with Gasteiger partial charge in [-0.05, 0) is 30.3 Å². The molecule has 0 unspecified atom stereocenters. The number of ether oxygens (including phenoxy) is 2. The van der Waals surface area contributed by atoms with Gasteiger partial charge >= 0.3 is 5.97 Å². The van der Waals surface area contributed by atoms with E-state index in [4.69, 9.17) is 44.3 Å². The maximum atomic E-state index is 11.8. The lowest BCUT2D eigenvalue weighted by Crippen LogP contribution is -2.17. The summed E-state index contributed by atoms with van der Waals surface area (Å²) in [4.78, 5) is 22.7. The molecule has 0 heterocycles. The maximum absolute atomic E-state index is 11.8. The van der Waals surface area contributed by atoms with Crippen LogP contribution in [0.3, 0.4) is 0 Å². The minimum absolute atomic E-state index is 0.188. The number of amides is 1. The summed E-state index contributed by atoms with van der Waals surface area (Å²) in [7, 11) is 0. The summed E-state index contributed by atoms with van der Waals surface area (Å²) in [5.74, 6) is -0.266. The van der Waals surface area contributed by atoms with Crippen molar-refractivity contribution in [3.63, 3.8) is 0 Å². The quantitative estimate of drug-likeness (QED) is 0.462. The first-order chi connectivity index (χ1) is 11.3. The van der Waals surface area contributed by atoms with Crippen LogP contribution in [0.25, 0.3) is 0 Å². The summed E-state index contributed by atoms with van der Waals surface area (Å²) in [6.45, 7) is 1.05. The molecule has 0 fully saturated rings. The Morgan fingerprint density at radius 1 is 1.00 bits per heavy atom. The Morgan fingerprint density at radius 3 is 2.25 bits per heavy atom. The zero-order chi connectivity index (χ0) is 17.7. The van der Waals surface area contributed by atoms with Crippen molar-refractivity contribution in [2.24, 2.45) is 0 Å². The molecule has 0 bridgehead atoms. The average molecular weight is 389 g/mol. The van der Waals surface area contributed by atoms with E-state index in [9.17, 15) is 9.59 Å². The van der Waals surface area contributed by atoms with Gasteiger partial charge in [-0.1, -0.05) is 34.8 Å². The largest absolute Gasteiger partial charge is 0.480 e. The summed E-state index contributed by atoms with van der Waals surface area (Å²) in [5.41, 5.74) is 0.598. The fourth-order valence-corrected chi connectivity index (χ4v) is 2.31. The van der Waals surface area contributed by atoms with Crippen LogP contribution in [0.15, 0.2) is 36.4 Å². The third-order valence-electron chi connectivity index (χ3n) is 2.73. The molecular formula is C16H12Cl3NO4. The Bertz CT molecular complexity index is 763. The molecule has 0 aliphatic carbocycles. The second-order valence-corrected chi connectivity index (χ2v) is 5.89. The van der Waals surface area contributed by atoms with E-state index in [1.807, 2.05) is 0 Å². The van der Waals surface area contributed by atoms with Crippen molar-refractivity contribution in [1.29, 1.82) is 0 Å². The first-order valence-electron chi connectivity index (χ1n) is 6.71. The lowest BCUT2D eigenvalue weighted by atomic mass is 10.3. The van der Waals surface area contributed by atoms with Crippen molar-refractivity contribution >= 4 is 52.4 Å². The molecule has 5 nitrogen and oxygen atoms in total. The van der Waals surface area contributed by atoms with Gasteiger partial charge in [0.2, 0.25) is 5.91 Å². The molecule has 1 N–H and O–H groups in total. The van der Waals surface area contributed by atoms with Crippen molar-refractivity contribution in [2.45, 2.75) is 6.92 Å². The summed E-state index contributed by atoms with van der Waals surface area (Å²) in [5, 5.41) is 3.39. The minimum atomic E-state index is -0.621. The second kappa shape index (κ2) is 8.24. The molecule has 126 valence electrons. The SMILES string of the molecule is CC(=O)Nc1ccc(OC(=O)COc2cc(Cl)c(Cl)cc2Cl)cc1. The first kappa shape index (κ1) is 18.4. The molecule has 8 heteroatoms. The summed E-state index contributed by atoms with van der Waals surface area (Å²) >= 11 is 17.6. The van der Waals surface area contributed by atoms with Crippen LogP contribution in [0.5, 0.6) is 11.5 Å². The second-order valence-electron chi connectivity index (χ2n) is 4.67. The van der Waals surface area contributed by atoms with Crippen molar-refractivity contribution in [1.82, 2.24) is 0 Å². The standard InChI is InChI=1S/C16H12Cl3NO4/c1-9(21)20-10-2-4-11(5-3-10)24-16(22)8-23-15-7-13(18)12(17)6-14(15)19/h2-7H,8H2,1H3,(H,20,21). The summed E-state index contributed by atoms with van der Waals surface area (Å²) < 4.78 is 10.4. The van der Waals surface area contributed by atoms with Crippen LogP contribution in [-0.4, -0.2) is 18.5 Å². The number of carbonyl (C=O) groups is 2. The van der Waals surface area contributed by atoms with Gasteiger partial charge in [0.15, 0.2) is 6.61 Å². The monoisotopic (exact) mass is 387 g/mol. The van der Waals surface area contributed by atoms with E-state index >= 15 is 0 Å². The van der Waals surface area contributed by atoms with Crippen LogP contribution in [0, 0.1) is 0 Å². The normalized spacial score (nSPS) is 10.2. The van der Waals surface area contributed by atoms with E-state index in [1.54, 1.807) is 24.3 Å². The third-order valence-corrected chi connectivity index (χ3v) is 3.74. The van der Waals surface area contributed by atoms with Crippen molar-refractivity contribution < 1.29 is 19.1 Å². The molecule has 0 spiro atoms. The number of halogens is 3. The number of benzene rings is 2. The van der Waals surface area contributed by atoms with Gasteiger partial charge in [-0.25, -0.2) is 4.79 Å². The summed E-state index contributed by atoms with van der Waals surface area (Å²) in [6.07, 6.45) is 0. The van der Waals surface area contributed by atoms with Crippen LogP contribution < -0.4 is 14.8 Å². The van der Waals surface area contributed by atoms with Gasteiger partial charge in [-0.3, -0.25) is 4.79 Å². The van der Waals surface area contributed by atoms with Gasteiger partial charge in [0, 0.05) is 18.7 Å². The van der Waals surface area contributed by atoms with Crippen LogP contribution in [-0.2, 0) is 9.59 Å². The zero-order valence-corrected chi connectivity index (χ0v) is 14.7. The number of carbonyl (C=O) groups excluding carboxylic acids is 2. The summed E-state index contributed by atoms with van der Waals surface area (Å²) in [6, 6.07) is 9.17. The molecular weight excluding hydrogens is 377 g/mol. The first-order valence-corrected chi connectivity index (χ1v) is 7.84. The molecule has 0 radical (unpaired) electrons. The van der Waals surface area contributed by atoms with Crippen LogP contribution >= 0.6 is 34.8 Å². The van der Waals surface area contributed by atoms with Gasteiger partial charge in [-0.15, -0.1) is 0 Å². The van der Waals surface area contributed by atoms with Crippen LogP contribution in [0.4, 0.5) is 5.69 Å². The zero-order valence-electron chi connectivity index (χ0n) is 12.4. The molecule has 1 amide bonds. The molecule has 2 aromatic rings. The van der Waals surface area contributed by atoms with E-state index in [0.717, 1.165) is 0 Å². The lowest BCUT2D eigenvalue weighted by Gasteiger charge is -2.09. The van der Waals surface area contributed by atoms with E-state index in [1.165, 1.54) is 19.1 Å². The van der Waals surface area contributed by atoms with E-state index < -0.39 is 5.97 Å². The molecule has 0 saturated carbocycles. The predicted octanol–water partition coefficient (Wildman–Crippen LogP) is 4.59. The van der Waals surface area contributed by atoms with E-state index in [-0.39, 0.29) is 33.3 Å². The topological polar surface area (TPSA) is 64.6 Å². The molecule has 0 saturated heterocycles. The highest BCUT2D eigenvalue weighted by Gasteiger charge is 2.11. The number of rotatable bonds is 5. The third kappa shape index (κ3) is 5.30. The van der Waals surface area contributed by atoms with Gasteiger partial charge in [0.25, 0.3) is 0 Å². The molecule has 0 atom stereocenters. The number of hydrogen-bond acceptors (Lipinski definition) is 4. The fraction of sp³-hybridized carbons (Fsp3) is 0.125. The van der Waals surface area contributed by atoms with Gasteiger partial charge in [-0.2, -0.15) is 0 Å². The average Bonchev–Trinajstić information content (AvgIpc) is 2.51. The minimum Gasteiger partial charge on any atom is -0.480 e. The van der Waals surface area contributed by atoms with Gasteiger partial charge < -0.3 is 14.8 Å². The Balaban J connectivity index is 1.91. The Labute approximate surface area is 153 Å².